The first-order chi connectivity index (χ1) is 19.4. The highest BCUT2D eigenvalue weighted by molar-refractivity contribution is 7.17. The maximum atomic E-state index is 12.5. The number of thiophene rings is 1. The fraction of sp³-hybridized carbons (Fsp3) is 0.320. The number of nitrogen functional groups attached to an aromatic ring is 1. The summed E-state index contributed by atoms with van der Waals surface area (Å²) < 4.78 is 40.5. The number of anilines is 1. The van der Waals surface area contributed by atoms with Crippen molar-refractivity contribution in [1.82, 2.24) is 25.1 Å². The zero-order valence-corrected chi connectivity index (χ0v) is 22.7. The van der Waals surface area contributed by atoms with Gasteiger partial charge in [0.15, 0.2) is 5.82 Å². The number of carboxylic acid groups (broad SMARTS) is 1. The van der Waals surface area contributed by atoms with Gasteiger partial charge in [0.2, 0.25) is 0 Å². The van der Waals surface area contributed by atoms with Crippen molar-refractivity contribution in [2.75, 3.05) is 25.5 Å². The molecule has 220 valence electrons. The van der Waals surface area contributed by atoms with Gasteiger partial charge in [0.1, 0.15) is 24.0 Å². The Balaban J connectivity index is 0.000000587. The van der Waals surface area contributed by atoms with Crippen LogP contribution in [0.15, 0.2) is 29.8 Å². The van der Waals surface area contributed by atoms with Crippen LogP contribution in [-0.2, 0) is 17.9 Å². The van der Waals surface area contributed by atoms with E-state index in [2.05, 4.69) is 20.5 Å². The number of pyridine rings is 1. The number of nitrogens with one attached hydrogen (secondary N) is 1. The summed E-state index contributed by atoms with van der Waals surface area (Å²) in [6.45, 7) is 4.44. The number of aliphatic hydroxyl groups excluding tert-OH is 2. The number of aliphatic hydroxyl groups is 2. The molecule has 0 unspecified atom stereocenters. The Morgan fingerprint density at radius 3 is 2.51 bits per heavy atom. The molecule has 4 aromatic rings. The van der Waals surface area contributed by atoms with Gasteiger partial charge in [0.05, 0.1) is 23.5 Å². The number of benzene rings is 1. The summed E-state index contributed by atoms with van der Waals surface area (Å²) >= 11 is 1.40. The zero-order chi connectivity index (χ0) is 30.3. The van der Waals surface area contributed by atoms with Gasteiger partial charge >= 0.3 is 12.1 Å². The molecule has 1 aromatic carbocycles. The van der Waals surface area contributed by atoms with Crippen molar-refractivity contribution in [3.8, 4) is 17.1 Å². The van der Waals surface area contributed by atoms with Crippen LogP contribution in [0.2, 0.25) is 0 Å². The van der Waals surface area contributed by atoms with Gasteiger partial charge in [-0.05, 0) is 30.9 Å². The number of carboxylic acids is 1. The number of nitrogens with two attached hydrogens (primary N) is 1. The first kappa shape index (κ1) is 31.3. The zero-order valence-electron chi connectivity index (χ0n) is 21.9. The van der Waals surface area contributed by atoms with Gasteiger partial charge in [0, 0.05) is 35.8 Å². The molecule has 1 amide bonds. The summed E-state index contributed by atoms with van der Waals surface area (Å²) in [5.74, 6) is -0.690. The number of alkyl halides is 3. The molecular weight excluding hydrogens is 569 g/mol. The topological polar surface area (TPSA) is 186 Å². The number of hydrogen-bond acceptors (Lipinski definition) is 10. The largest absolute Gasteiger partial charge is 0.490 e. The fourth-order valence-corrected chi connectivity index (χ4v) is 4.75. The van der Waals surface area contributed by atoms with Gasteiger partial charge in [-0.2, -0.15) is 13.2 Å². The minimum atomic E-state index is -5.08. The number of amides is 1. The molecular formula is C25H27F3N6O6S. The molecule has 4 rings (SSSR count). The van der Waals surface area contributed by atoms with Gasteiger partial charge in [-0.15, -0.1) is 21.5 Å². The Labute approximate surface area is 235 Å². The molecule has 0 saturated carbocycles. The van der Waals surface area contributed by atoms with Crippen LogP contribution in [0, 0.1) is 13.8 Å². The van der Waals surface area contributed by atoms with Crippen LogP contribution in [-0.4, -0.2) is 72.9 Å². The minimum Gasteiger partial charge on any atom is -0.489 e. The van der Waals surface area contributed by atoms with E-state index in [4.69, 9.17) is 25.5 Å². The molecule has 0 aliphatic carbocycles. The van der Waals surface area contributed by atoms with E-state index in [1.807, 2.05) is 42.0 Å². The van der Waals surface area contributed by atoms with E-state index in [0.717, 1.165) is 27.2 Å². The second-order valence-electron chi connectivity index (χ2n) is 8.52. The van der Waals surface area contributed by atoms with E-state index in [-0.39, 0.29) is 32.3 Å². The van der Waals surface area contributed by atoms with E-state index in [0.29, 0.717) is 34.9 Å². The number of hydrogen-bond donors (Lipinski definition) is 5. The van der Waals surface area contributed by atoms with Crippen molar-refractivity contribution >= 4 is 39.1 Å². The number of carbonyl (C=O) groups is 2. The molecule has 12 nitrogen and oxygen atoms in total. The lowest BCUT2D eigenvalue weighted by Gasteiger charge is -2.12. The number of halogens is 3. The number of nitrogens with zero attached hydrogens (tertiary/aromatic N) is 4. The van der Waals surface area contributed by atoms with Crippen LogP contribution in [0.4, 0.5) is 19.0 Å². The third-order valence-electron chi connectivity index (χ3n) is 5.67. The van der Waals surface area contributed by atoms with Crippen LogP contribution in [0.25, 0.3) is 21.5 Å². The lowest BCUT2D eigenvalue weighted by atomic mass is 10.1. The van der Waals surface area contributed by atoms with E-state index in [1.165, 1.54) is 17.5 Å². The van der Waals surface area contributed by atoms with Crippen LogP contribution >= 0.6 is 11.3 Å². The van der Waals surface area contributed by atoms with Crippen molar-refractivity contribution in [3.63, 3.8) is 0 Å². The third kappa shape index (κ3) is 7.47. The quantitative estimate of drug-likeness (QED) is 0.192. The summed E-state index contributed by atoms with van der Waals surface area (Å²) in [6, 6.07) is 5.79. The third-order valence-corrected chi connectivity index (χ3v) is 6.74. The predicted octanol–water partition coefficient (Wildman–Crippen LogP) is 2.68. The Bertz CT molecular complexity index is 1540. The van der Waals surface area contributed by atoms with Crippen LogP contribution < -0.4 is 15.8 Å². The van der Waals surface area contributed by atoms with E-state index in [1.54, 1.807) is 0 Å². The number of carbonyl (C=O) groups excluding carboxylic acids is 1. The average Bonchev–Trinajstić information content (AvgIpc) is 3.51. The molecule has 16 heteroatoms. The van der Waals surface area contributed by atoms with Crippen molar-refractivity contribution in [1.29, 1.82) is 0 Å². The molecule has 0 fully saturated rings. The number of ether oxygens (including phenoxy) is 1. The maximum Gasteiger partial charge on any atom is 0.490 e. The Morgan fingerprint density at radius 1 is 1.17 bits per heavy atom. The highest BCUT2D eigenvalue weighted by Gasteiger charge is 2.38. The second-order valence-corrected chi connectivity index (χ2v) is 9.40. The van der Waals surface area contributed by atoms with Gasteiger partial charge in [-0.25, -0.2) is 9.78 Å². The molecule has 3 aromatic heterocycles. The van der Waals surface area contributed by atoms with E-state index >= 15 is 0 Å². The van der Waals surface area contributed by atoms with Crippen LogP contribution in [0.3, 0.4) is 0 Å². The predicted molar refractivity (Wildman–Crippen MR) is 143 cm³/mol. The molecule has 0 radical (unpaired) electrons. The Morgan fingerprint density at radius 2 is 1.88 bits per heavy atom. The lowest BCUT2D eigenvalue weighted by molar-refractivity contribution is -0.192. The number of aliphatic carboxylic acids is 1. The standard InChI is InChI=1S/C23H26N6O4S.C2HF3O2/c1-13-3-4-15(22-28-27-14(2)29(22)6-8-31)9-18(13)33-11-16-12-34-20-17(23(32)25-5-7-30)10-26-21(24)19(16)20;3-2(4,5)1(6)7/h3-4,9-10,12,30-31H,5-8,11H2,1-2H3,(H2,24,26)(H,25,32);(H,6,7). The number of rotatable bonds is 9. The molecule has 41 heavy (non-hydrogen) atoms. The van der Waals surface area contributed by atoms with Crippen LogP contribution in [0.5, 0.6) is 5.75 Å². The molecule has 0 atom stereocenters. The molecule has 0 spiro atoms. The second kappa shape index (κ2) is 13.4. The molecule has 0 bridgehead atoms. The number of aromatic nitrogens is 4. The molecule has 3 heterocycles. The minimum absolute atomic E-state index is 0.0121. The highest BCUT2D eigenvalue weighted by Crippen LogP contribution is 2.34. The summed E-state index contributed by atoms with van der Waals surface area (Å²) in [7, 11) is 0. The molecule has 0 aliphatic heterocycles. The smallest absolute Gasteiger partial charge is 0.489 e. The molecule has 0 saturated heterocycles. The van der Waals surface area contributed by atoms with Crippen LogP contribution in [0.1, 0.15) is 27.3 Å². The Kier molecular flexibility index (Phi) is 10.2. The first-order valence-electron chi connectivity index (χ1n) is 12.0. The average molecular weight is 597 g/mol. The highest BCUT2D eigenvalue weighted by atomic mass is 32.1. The summed E-state index contributed by atoms with van der Waals surface area (Å²) in [4.78, 5) is 25.5. The summed E-state index contributed by atoms with van der Waals surface area (Å²) in [6.07, 6.45) is -3.64. The maximum absolute atomic E-state index is 12.5. The van der Waals surface area contributed by atoms with Gasteiger partial charge in [0.25, 0.3) is 5.91 Å². The molecule has 0 aliphatic rings. The van der Waals surface area contributed by atoms with Crippen molar-refractivity contribution < 1.29 is 42.8 Å². The number of fused-ring (bicyclic) bond motifs is 1. The molecule has 6 N–H and O–H groups in total. The van der Waals surface area contributed by atoms with Crippen molar-refractivity contribution in [2.45, 2.75) is 33.2 Å². The van der Waals surface area contributed by atoms with Gasteiger partial charge in [-0.1, -0.05) is 12.1 Å². The van der Waals surface area contributed by atoms with E-state index in [9.17, 15) is 23.1 Å². The number of aryl methyl sites for hydroxylation is 2. The van der Waals surface area contributed by atoms with Crippen molar-refractivity contribution in [3.05, 3.63) is 52.3 Å². The summed E-state index contributed by atoms with van der Waals surface area (Å²) in [5, 5.41) is 39.1. The van der Waals surface area contributed by atoms with Crippen molar-refractivity contribution in [2.24, 2.45) is 0 Å². The summed E-state index contributed by atoms with van der Waals surface area (Å²) in [5.41, 5.74) is 9.16. The first-order valence-corrected chi connectivity index (χ1v) is 12.8. The van der Waals surface area contributed by atoms with Gasteiger partial charge in [-0.3, -0.25) is 4.79 Å². The Hall–Kier alpha value is -4.28. The monoisotopic (exact) mass is 596 g/mol. The SMILES string of the molecule is Cc1ccc(-c2nnc(C)n2CCO)cc1OCc1csc2c(C(=O)NCCO)cnc(N)c12.O=C(O)C(F)(F)F. The normalized spacial score (nSPS) is 11.2. The lowest BCUT2D eigenvalue weighted by Crippen LogP contribution is -2.26. The fourth-order valence-electron chi connectivity index (χ4n) is 3.67. The van der Waals surface area contributed by atoms with E-state index < -0.39 is 12.1 Å². The van der Waals surface area contributed by atoms with Gasteiger partial charge < -0.3 is 35.7 Å².